The summed E-state index contributed by atoms with van der Waals surface area (Å²) >= 11 is 0. The highest BCUT2D eigenvalue weighted by Crippen LogP contribution is 2.02. The van der Waals surface area contributed by atoms with Crippen LogP contribution in [0.15, 0.2) is 23.4 Å². The third kappa shape index (κ3) is 2.08. The quantitative estimate of drug-likeness (QED) is 0.462. The molecule has 0 bridgehead atoms. The van der Waals surface area contributed by atoms with Crippen LogP contribution in [0.3, 0.4) is 0 Å². The number of hydrogen-bond donors (Lipinski definition) is 0. The van der Waals surface area contributed by atoms with Crippen molar-refractivity contribution in [2.75, 3.05) is 7.11 Å². The minimum atomic E-state index is 1.06. The van der Waals surface area contributed by atoms with Gasteiger partial charge >= 0.3 is 0 Å². The van der Waals surface area contributed by atoms with Gasteiger partial charge in [0.2, 0.25) is 0 Å². The molecule has 0 N–H and O–H groups in total. The number of benzene rings is 1. The summed E-state index contributed by atoms with van der Waals surface area (Å²) in [5.74, 6) is 0. The molecule has 0 atom stereocenters. The lowest BCUT2D eigenvalue weighted by Crippen LogP contribution is -1.85. The largest absolute Gasteiger partial charge is 0.399 e. The van der Waals surface area contributed by atoms with Gasteiger partial charge in [-0.05, 0) is 24.1 Å². The van der Waals surface area contributed by atoms with Gasteiger partial charge in [-0.15, -0.1) is 0 Å². The van der Waals surface area contributed by atoms with Crippen molar-refractivity contribution in [1.82, 2.24) is 0 Å². The number of rotatable bonds is 2. The van der Waals surface area contributed by atoms with E-state index in [1.807, 2.05) is 25.1 Å². The van der Waals surface area contributed by atoms with Crippen LogP contribution in [0.5, 0.6) is 0 Å². The topological polar surface area (TPSA) is 21.6 Å². The molecule has 57 valence electrons. The second-order valence-corrected chi connectivity index (χ2v) is 2.20. The number of oxime groups is 1. The standard InChI is InChI=1S/C9H10NO/c1-8-5-3-4-6-9(8)7-10-11-2/h4-7H,1-2H3/b10-7+. The second-order valence-electron chi connectivity index (χ2n) is 2.20. The molecule has 0 spiro atoms. The predicted octanol–water partition coefficient (Wildman–Crippen LogP) is 1.78. The molecule has 1 radical (unpaired) electrons. The molecule has 2 heteroatoms. The summed E-state index contributed by atoms with van der Waals surface area (Å²) < 4.78 is 0. The molecule has 1 aromatic carbocycles. The molecule has 0 aliphatic rings. The summed E-state index contributed by atoms with van der Waals surface area (Å²) in [7, 11) is 1.53. The third-order valence-corrected chi connectivity index (χ3v) is 1.41. The van der Waals surface area contributed by atoms with Crippen LogP contribution >= 0.6 is 0 Å². The zero-order valence-electron chi connectivity index (χ0n) is 6.66. The maximum atomic E-state index is 4.56. The van der Waals surface area contributed by atoms with E-state index in [2.05, 4.69) is 16.1 Å². The monoisotopic (exact) mass is 148 g/mol. The Kier molecular flexibility index (Phi) is 2.66. The number of aryl methyl sites for hydroxylation is 1. The summed E-state index contributed by atoms with van der Waals surface area (Å²) in [6.45, 7) is 2.01. The van der Waals surface area contributed by atoms with Crippen molar-refractivity contribution in [3.63, 3.8) is 0 Å². The highest BCUT2D eigenvalue weighted by molar-refractivity contribution is 5.80. The van der Waals surface area contributed by atoms with Crippen LogP contribution in [-0.2, 0) is 4.84 Å². The van der Waals surface area contributed by atoms with E-state index in [9.17, 15) is 0 Å². The van der Waals surface area contributed by atoms with Gasteiger partial charge in [0.05, 0.1) is 6.21 Å². The van der Waals surface area contributed by atoms with Gasteiger partial charge in [0, 0.05) is 0 Å². The molecule has 1 aromatic rings. The van der Waals surface area contributed by atoms with Gasteiger partial charge in [0.15, 0.2) is 0 Å². The first-order chi connectivity index (χ1) is 5.34. The van der Waals surface area contributed by atoms with Crippen LogP contribution in [0.25, 0.3) is 0 Å². The highest BCUT2D eigenvalue weighted by Gasteiger charge is 1.90. The van der Waals surface area contributed by atoms with E-state index in [1.54, 1.807) is 6.21 Å². The van der Waals surface area contributed by atoms with Crippen molar-refractivity contribution in [2.24, 2.45) is 5.16 Å². The SMILES string of the molecule is CO/N=C/c1cc[c]cc1C. The van der Waals surface area contributed by atoms with Crippen LogP contribution in [-0.4, -0.2) is 13.3 Å². The minimum Gasteiger partial charge on any atom is -0.399 e. The average molecular weight is 148 g/mol. The van der Waals surface area contributed by atoms with E-state index in [0.717, 1.165) is 11.1 Å². The van der Waals surface area contributed by atoms with E-state index in [1.165, 1.54) is 7.11 Å². The maximum absolute atomic E-state index is 4.56. The summed E-state index contributed by atoms with van der Waals surface area (Å²) in [5, 5.41) is 3.66. The molecule has 1 rings (SSSR count). The Balaban J connectivity index is 2.86. The van der Waals surface area contributed by atoms with E-state index in [4.69, 9.17) is 0 Å². The van der Waals surface area contributed by atoms with Crippen molar-refractivity contribution in [2.45, 2.75) is 6.92 Å². The first-order valence-corrected chi connectivity index (χ1v) is 3.38. The Hall–Kier alpha value is -1.31. The van der Waals surface area contributed by atoms with Gasteiger partial charge in [0.25, 0.3) is 0 Å². The maximum Gasteiger partial charge on any atom is 0.106 e. The fraction of sp³-hybridized carbons (Fsp3) is 0.222. The average Bonchev–Trinajstić information content (AvgIpc) is 2.03. The second kappa shape index (κ2) is 3.76. The molecule has 11 heavy (non-hydrogen) atoms. The molecule has 0 aliphatic carbocycles. The Morgan fingerprint density at radius 2 is 2.45 bits per heavy atom. The summed E-state index contributed by atoms with van der Waals surface area (Å²) in [6, 6.07) is 8.68. The van der Waals surface area contributed by atoms with Crippen LogP contribution in [0.2, 0.25) is 0 Å². The molecular formula is C9H10NO. The zero-order chi connectivity index (χ0) is 8.10. The normalized spacial score (nSPS) is 10.4. The Bertz CT molecular complexity index is 255. The smallest absolute Gasteiger partial charge is 0.106 e. The molecule has 0 fully saturated rings. The van der Waals surface area contributed by atoms with E-state index >= 15 is 0 Å². The van der Waals surface area contributed by atoms with Crippen LogP contribution in [0.1, 0.15) is 11.1 Å². The molecule has 0 aromatic heterocycles. The molecule has 0 amide bonds. The van der Waals surface area contributed by atoms with Crippen LogP contribution < -0.4 is 0 Å². The van der Waals surface area contributed by atoms with Gasteiger partial charge in [0.1, 0.15) is 7.11 Å². The molecule has 2 nitrogen and oxygen atoms in total. The number of hydrogen-bond acceptors (Lipinski definition) is 2. The first-order valence-electron chi connectivity index (χ1n) is 3.38. The summed E-state index contributed by atoms with van der Waals surface area (Å²) in [4.78, 5) is 4.56. The first kappa shape index (κ1) is 7.79. The Morgan fingerprint density at radius 3 is 3.09 bits per heavy atom. The molecule has 0 aliphatic heterocycles. The zero-order valence-corrected chi connectivity index (χ0v) is 6.66. The highest BCUT2D eigenvalue weighted by atomic mass is 16.6. The van der Waals surface area contributed by atoms with Crippen molar-refractivity contribution < 1.29 is 4.84 Å². The number of nitrogens with zero attached hydrogens (tertiary/aromatic N) is 1. The van der Waals surface area contributed by atoms with Crippen molar-refractivity contribution in [1.29, 1.82) is 0 Å². The van der Waals surface area contributed by atoms with Crippen LogP contribution in [0, 0.1) is 13.0 Å². The van der Waals surface area contributed by atoms with Crippen molar-refractivity contribution >= 4 is 6.21 Å². The molecule has 0 unspecified atom stereocenters. The van der Waals surface area contributed by atoms with Crippen molar-refractivity contribution in [3.8, 4) is 0 Å². The van der Waals surface area contributed by atoms with E-state index in [0.29, 0.717) is 0 Å². The van der Waals surface area contributed by atoms with E-state index < -0.39 is 0 Å². The Morgan fingerprint density at radius 1 is 1.64 bits per heavy atom. The van der Waals surface area contributed by atoms with Gasteiger partial charge in [-0.25, -0.2) is 0 Å². The molecule has 0 saturated carbocycles. The van der Waals surface area contributed by atoms with Crippen LogP contribution in [0.4, 0.5) is 0 Å². The fourth-order valence-corrected chi connectivity index (χ4v) is 0.780. The lowest BCUT2D eigenvalue weighted by Gasteiger charge is -1.95. The predicted molar refractivity (Wildman–Crippen MR) is 44.6 cm³/mol. The van der Waals surface area contributed by atoms with Gasteiger partial charge in [-0.3, -0.25) is 0 Å². The fourth-order valence-electron chi connectivity index (χ4n) is 0.780. The Labute approximate surface area is 66.5 Å². The van der Waals surface area contributed by atoms with Gasteiger partial charge in [-0.1, -0.05) is 23.4 Å². The molecular weight excluding hydrogens is 138 g/mol. The molecule has 0 heterocycles. The summed E-state index contributed by atoms with van der Waals surface area (Å²) in [6.07, 6.45) is 1.68. The van der Waals surface area contributed by atoms with Crippen molar-refractivity contribution in [3.05, 3.63) is 35.4 Å². The van der Waals surface area contributed by atoms with Gasteiger partial charge in [-0.2, -0.15) is 0 Å². The minimum absolute atomic E-state index is 1.06. The lowest BCUT2D eigenvalue weighted by molar-refractivity contribution is 0.215. The third-order valence-electron chi connectivity index (χ3n) is 1.41. The van der Waals surface area contributed by atoms with E-state index in [-0.39, 0.29) is 0 Å². The molecule has 0 saturated heterocycles. The summed E-state index contributed by atoms with van der Waals surface area (Å²) in [5.41, 5.74) is 2.21. The van der Waals surface area contributed by atoms with Gasteiger partial charge < -0.3 is 4.84 Å². The lowest BCUT2D eigenvalue weighted by atomic mass is 10.1.